The average Bonchev–Trinajstić information content (AvgIpc) is 3.42. The van der Waals surface area contributed by atoms with Gasteiger partial charge < -0.3 is 48.3 Å². The highest BCUT2D eigenvalue weighted by atomic mass is 16.4. The number of nitrogens with zero attached hydrogens (tertiary/aromatic N) is 2. The lowest BCUT2D eigenvalue weighted by molar-refractivity contribution is -0.142. The number of aromatic nitrogens is 2. The minimum Gasteiger partial charge on any atom is -0.508 e. The fourth-order valence-electron chi connectivity index (χ4n) is 3.90. The SMILES string of the molecule is CC(C)C(NC(=O)C(N)Cc1ccc(O)cc1)C(=O)NC(CCCN=C(N)N)C(=O)NC(Cc1cnc[nH]1)C(=O)O. The van der Waals surface area contributed by atoms with Crippen LogP contribution in [0.25, 0.3) is 0 Å². The number of carboxylic acid groups (broad SMARTS) is 1. The van der Waals surface area contributed by atoms with Crippen LogP contribution in [0.3, 0.4) is 0 Å². The van der Waals surface area contributed by atoms with Crippen LogP contribution >= 0.6 is 0 Å². The third kappa shape index (κ3) is 11.2. The number of H-pyrrole nitrogens is 1. The largest absolute Gasteiger partial charge is 0.508 e. The molecule has 41 heavy (non-hydrogen) atoms. The second-order valence-corrected chi connectivity index (χ2v) is 9.90. The molecule has 0 aliphatic rings. The zero-order chi connectivity index (χ0) is 30.5. The molecule has 0 bridgehead atoms. The van der Waals surface area contributed by atoms with E-state index in [1.54, 1.807) is 26.0 Å². The van der Waals surface area contributed by atoms with Crippen molar-refractivity contribution in [2.75, 3.05) is 6.54 Å². The molecule has 0 radical (unpaired) electrons. The normalized spacial score (nSPS) is 13.9. The maximum absolute atomic E-state index is 13.3. The molecule has 4 atom stereocenters. The number of aliphatic carboxylic acids is 1. The summed E-state index contributed by atoms with van der Waals surface area (Å²) >= 11 is 0. The van der Waals surface area contributed by atoms with Crippen LogP contribution in [0.1, 0.15) is 37.9 Å². The summed E-state index contributed by atoms with van der Waals surface area (Å²) in [6.45, 7) is 3.61. The predicted molar refractivity (Wildman–Crippen MR) is 150 cm³/mol. The third-order valence-electron chi connectivity index (χ3n) is 6.15. The van der Waals surface area contributed by atoms with Crippen molar-refractivity contribution in [2.45, 2.75) is 63.7 Å². The van der Waals surface area contributed by atoms with Crippen molar-refractivity contribution >= 4 is 29.7 Å². The maximum atomic E-state index is 13.3. The summed E-state index contributed by atoms with van der Waals surface area (Å²) < 4.78 is 0. The lowest BCUT2D eigenvalue weighted by atomic mass is 10.00. The standard InChI is InChI=1S/C26H39N9O6/c1-14(2)21(35-22(37)18(27)10-15-5-7-17(36)8-6-15)24(39)33-19(4-3-9-31-26(28)29)23(38)34-20(25(40)41)11-16-12-30-13-32-16/h5-8,12-14,18-21,36H,3-4,9-11,27H2,1-2H3,(H,30,32)(H,33,39)(H,34,38)(H,35,37)(H,40,41)(H4,28,29,31). The molecule has 0 saturated carbocycles. The van der Waals surface area contributed by atoms with E-state index in [1.807, 2.05) is 0 Å². The summed E-state index contributed by atoms with van der Waals surface area (Å²) in [5.74, 6) is -3.65. The van der Waals surface area contributed by atoms with Crippen LogP contribution in [0.15, 0.2) is 41.8 Å². The fourth-order valence-corrected chi connectivity index (χ4v) is 3.90. The lowest BCUT2D eigenvalue weighted by Gasteiger charge is -2.27. The summed E-state index contributed by atoms with van der Waals surface area (Å²) in [4.78, 5) is 61.6. The van der Waals surface area contributed by atoms with E-state index in [9.17, 15) is 29.4 Å². The van der Waals surface area contributed by atoms with Gasteiger partial charge in [0.2, 0.25) is 17.7 Å². The fraction of sp³-hybridized carbons (Fsp3) is 0.462. The molecular formula is C26H39N9O6. The Morgan fingerprint density at radius 3 is 2.20 bits per heavy atom. The van der Waals surface area contributed by atoms with E-state index < -0.39 is 47.9 Å². The molecule has 2 rings (SSSR count). The monoisotopic (exact) mass is 573 g/mol. The number of nitrogens with two attached hydrogens (primary N) is 3. The van der Waals surface area contributed by atoms with E-state index in [1.165, 1.54) is 24.7 Å². The third-order valence-corrected chi connectivity index (χ3v) is 6.15. The molecule has 2 aromatic rings. The van der Waals surface area contributed by atoms with E-state index in [0.717, 1.165) is 5.56 Å². The Morgan fingerprint density at radius 1 is 0.976 bits per heavy atom. The molecule has 1 aromatic heterocycles. The number of aromatic hydroxyl groups is 1. The van der Waals surface area contributed by atoms with Gasteiger partial charge in [-0.15, -0.1) is 0 Å². The van der Waals surface area contributed by atoms with Crippen LogP contribution in [-0.4, -0.2) is 80.5 Å². The van der Waals surface area contributed by atoms with Gasteiger partial charge in [-0.25, -0.2) is 9.78 Å². The second kappa shape index (κ2) is 15.8. The van der Waals surface area contributed by atoms with Crippen LogP contribution < -0.4 is 33.2 Å². The number of imidazole rings is 1. The topological polar surface area (TPSA) is 264 Å². The van der Waals surface area contributed by atoms with Gasteiger partial charge in [-0.05, 0) is 42.9 Å². The molecule has 12 N–H and O–H groups in total. The molecule has 15 nitrogen and oxygen atoms in total. The average molecular weight is 574 g/mol. The summed E-state index contributed by atoms with van der Waals surface area (Å²) in [6.07, 6.45) is 3.33. The van der Waals surface area contributed by atoms with Gasteiger partial charge in [0.15, 0.2) is 5.96 Å². The van der Waals surface area contributed by atoms with Crippen LogP contribution in [0.4, 0.5) is 0 Å². The lowest BCUT2D eigenvalue weighted by Crippen LogP contribution is -2.58. The van der Waals surface area contributed by atoms with Crippen molar-refractivity contribution in [1.82, 2.24) is 25.9 Å². The number of hydrogen-bond acceptors (Lipinski definition) is 8. The highest BCUT2D eigenvalue weighted by Crippen LogP contribution is 2.12. The number of guanidine groups is 1. The number of hydrogen-bond donors (Lipinski definition) is 9. The number of carbonyl (C=O) groups excluding carboxylic acids is 3. The summed E-state index contributed by atoms with van der Waals surface area (Å²) in [5, 5.41) is 26.8. The highest BCUT2D eigenvalue weighted by molar-refractivity contribution is 5.94. The summed E-state index contributed by atoms with van der Waals surface area (Å²) in [5.41, 5.74) is 18.0. The molecule has 1 aromatic carbocycles. The van der Waals surface area contributed by atoms with Gasteiger partial charge >= 0.3 is 5.97 Å². The van der Waals surface area contributed by atoms with Crippen molar-refractivity contribution < 1.29 is 29.4 Å². The maximum Gasteiger partial charge on any atom is 0.326 e. The van der Waals surface area contributed by atoms with Gasteiger partial charge in [-0.3, -0.25) is 19.4 Å². The minimum absolute atomic E-state index is 0.0562. The Balaban J connectivity index is 2.12. The minimum atomic E-state index is -1.29. The number of rotatable bonds is 16. The van der Waals surface area contributed by atoms with E-state index in [2.05, 4.69) is 30.9 Å². The van der Waals surface area contributed by atoms with Crippen molar-refractivity contribution in [3.63, 3.8) is 0 Å². The summed E-state index contributed by atoms with van der Waals surface area (Å²) in [7, 11) is 0. The first-order valence-electron chi connectivity index (χ1n) is 13.1. The number of phenolic OH excluding ortho intramolecular Hbond substituents is 1. The number of carbonyl (C=O) groups is 4. The van der Waals surface area contributed by atoms with E-state index in [-0.39, 0.29) is 43.4 Å². The number of nitrogens with one attached hydrogen (secondary N) is 4. The molecule has 0 aliphatic heterocycles. The molecule has 15 heteroatoms. The Hall–Kier alpha value is -4.66. The van der Waals surface area contributed by atoms with Gasteiger partial charge in [-0.2, -0.15) is 0 Å². The Bertz CT molecular complexity index is 1180. The number of phenols is 1. The van der Waals surface area contributed by atoms with E-state index >= 15 is 0 Å². The van der Waals surface area contributed by atoms with Gasteiger partial charge in [0.25, 0.3) is 0 Å². The van der Waals surface area contributed by atoms with Gasteiger partial charge in [-0.1, -0.05) is 26.0 Å². The number of aliphatic imine (C=N–C) groups is 1. The number of amides is 3. The van der Waals surface area contributed by atoms with Crippen molar-refractivity contribution in [3.8, 4) is 5.75 Å². The Kier molecular flexibility index (Phi) is 12.6. The van der Waals surface area contributed by atoms with Gasteiger partial charge in [0.1, 0.15) is 23.9 Å². The van der Waals surface area contributed by atoms with Crippen molar-refractivity contribution in [3.05, 3.63) is 48.0 Å². The first-order valence-corrected chi connectivity index (χ1v) is 13.1. The van der Waals surface area contributed by atoms with Crippen molar-refractivity contribution in [1.29, 1.82) is 0 Å². The smallest absolute Gasteiger partial charge is 0.326 e. The zero-order valence-electron chi connectivity index (χ0n) is 23.0. The molecule has 4 unspecified atom stereocenters. The zero-order valence-corrected chi connectivity index (χ0v) is 23.0. The predicted octanol–water partition coefficient (Wildman–Crippen LogP) is -1.52. The molecule has 0 aliphatic carbocycles. The molecule has 0 saturated heterocycles. The molecule has 0 spiro atoms. The second-order valence-electron chi connectivity index (χ2n) is 9.90. The van der Waals surface area contributed by atoms with E-state index in [4.69, 9.17) is 17.2 Å². The molecular weight excluding hydrogens is 534 g/mol. The van der Waals surface area contributed by atoms with E-state index in [0.29, 0.717) is 12.1 Å². The van der Waals surface area contributed by atoms with Crippen LogP contribution in [0.5, 0.6) is 5.75 Å². The molecule has 3 amide bonds. The van der Waals surface area contributed by atoms with Crippen LogP contribution in [0.2, 0.25) is 0 Å². The number of aromatic amines is 1. The number of carboxylic acids is 1. The summed E-state index contributed by atoms with van der Waals surface area (Å²) in [6, 6.07) is 1.77. The molecule has 224 valence electrons. The number of benzene rings is 1. The quantitative estimate of drug-likeness (QED) is 0.0635. The molecule has 0 fully saturated rings. The Labute approximate surface area is 237 Å². The molecule has 1 heterocycles. The Morgan fingerprint density at radius 2 is 1.63 bits per heavy atom. The first-order chi connectivity index (χ1) is 19.4. The highest BCUT2D eigenvalue weighted by Gasteiger charge is 2.31. The van der Waals surface area contributed by atoms with Crippen LogP contribution in [0, 0.1) is 5.92 Å². The van der Waals surface area contributed by atoms with Crippen LogP contribution in [-0.2, 0) is 32.0 Å². The van der Waals surface area contributed by atoms with Gasteiger partial charge in [0.05, 0.1) is 12.4 Å². The first kappa shape index (κ1) is 32.6. The van der Waals surface area contributed by atoms with Crippen molar-refractivity contribution in [2.24, 2.45) is 28.1 Å². The van der Waals surface area contributed by atoms with Gasteiger partial charge in [0, 0.05) is 24.9 Å².